The summed E-state index contributed by atoms with van der Waals surface area (Å²) < 4.78 is 25.1. The number of nitrogens with zero attached hydrogens (tertiary/aromatic N) is 1. The van der Waals surface area contributed by atoms with E-state index in [9.17, 15) is 8.42 Å². The minimum Gasteiger partial charge on any atom is -0.212 e. The van der Waals surface area contributed by atoms with Crippen molar-refractivity contribution < 1.29 is 8.42 Å². The van der Waals surface area contributed by atoms with Crippen LogP contribution in [0.2, 0.25) is 0 Å². The molecule has 0 radical (unpaired) electrons. The summed E-state index contributed by atoms with van der Waals surface area (Å²) in [6.07, 6.45) is 1.78. The second-order valence-electron chi connectivity index (χ2n) is 4.58. The van der Waals surface area contributed by atoms with Crippen molar-refractivity contribution in [1.82, 2.24) is 4.31 Å². The molecule has 0 N–H and O–H groups in total. The van der Waals surface area contributed by atoms with Crippen molar-refractivity contribution in [2.24, 2.45) is 0 Å². The van der Waals surface area contributed by atoms with Gasteiger partial charge in [0.05, 0.1) is 5.75 Å². The van der Waals surface area contributed by atoms with E-state index in [0.29, 0.717) is 24.1 Å². The summed E-state index contributed by atoms with van der Waals surface area (Å²) in [5, 5.41) is 0.389. The number of fused-ring (bicyclic) bond motifs is 1. The van der Waals surface area contributed by atoms with E-state index in [2.05, 4.69) is 12.1 Å². The molecule has 0 bridgehead atoms. The van der Waals surface area contributed by atoms with Gasteiger partial charge in [-0.25, -0.2) is 12.7 Å². The first-order chi connectivity index (χ1) is 8.15. The van der Waals surface area contributed by atoms with Gasteiger partial charge in [-0.2, -0.15) is 0 Å². The topological polar surface area (TPSA) is 37.4 Å². The highest BCUT2D eigenvalue weighted by molar-refractivity contribution is 8.00. The molecular weight excluding hydrogens is 254 g/mol. The zero-order valence-corrected chi connectivity index (χ0v) is 11.1. The molecule has 92 valence electrons. The van der Waals surface area contributed by atoms with Crippen molar-refractivity contribution in [2.75, 3.05) is 18.8 Å². The van der Waals surface area contributed by atoms with E-state index in [0.717, 1.165) is 12.8 Å². The molecule has 17 heavy (non-hydrogen) atoms. The predicted octanol–water partition coefficient (Wildman–Crippen LogP) is 1.74. The maximum Gasteiger partial charge on any atom is 0.214 e. The highest BCUT2D eigenvalue weighted by Crippen LogP contribution is 2.37. The van der Waals surface area contributed by atoms with Gasteiger partial charge in [-0.05, 0) is 24.5 Å². The molecular formula is C12H15NO2S2. The van der Waals surface area contributed by atoms with E-state index in [1.807, 2.05) is 23.9 Å². The summed E-state index contributed by atoms with van der Waals surface area (Å²) in [5.74, 6) is 0.331. The zero-order valence-electron chi connectivity index (χ0n) is 9.50. The SMILES string of the molecule is O=S1(=O)CCCN1CC1Cc2ccccc2S1. The van der Waals surface area contributed by atoms with Gasteiger partial charge in [-0.3, -0.25) is 0 Å². The fourth-order valence-corrected chi connectivity index (χ4v) is 5.48. The normalized spacial score (nSPS) is 27.2. The quantitative estimate of drug-likeness (QED) is 0.820. The molecule has 1 saturated heterocycles. The molecule has 1 fully saturated rings. The molecule has 5 heteroatoms. The monoisotopic (exact) mass is 269 g/mol. The standard InChI is InChI=1S/C12H15NO2S2/c14-17(15)7-3-6-13(17)9-11-8-10-4-1-2-5-12(10)16-11/h1-2,4-5,11H,3,6-9H2. The fraction of sp³-hybridized carbons (Fsp3) is 0.500. The number of hydrogen-bond donors (Lipinski definition) is 0. The average molecular weight is 269 g/mol. The van der Waals surface area contributed by atoms with Crippen molar-refractivity contribution in [2.45, 2.75) is 23.0 Å². The number of benzene rings is 1. The van der Waals surface area contributed by atoms with Crippen LogP contribution < -0.4 is 0 Å². The summed E-state index contributed by atoms with van der Waals surface area (Å²) in [4.78, 5) is 1.31. The molecule has 2 heterocycles. The van der Waals surface area contributed by atoms with Gasteiger partial charge in [-0.15, -0.1) is 11.8 Å². The van der Waals surface area contributed by atoms with Crippen LogP contribution in [0, 0.1) is 0 Å². The Hall–Kier alpha value is -0.520. The highest BCUT2D eigenvalue weighted by Gasteiger charge is 2.32. The van der Waals surface area contributed by atoms with E-state index in [-0.39, 0.29) is 0 Å². The summed E-state index contributed by atoms with van der Waals surface area (Å²) in [6.45, 7) is 1.37. The van der Waals surface area contributed by atoms with Gasteiger partial charge in [-0.1, -0.05) is 18.2 Å². The average Bonchev–Trinajstić information content (AvgIpc) is 2.82. The number of rotatable bonds is 2. The number of sulfonamides is 1. The van der Waals surface area contributed by atoms with Gasteiger partial charge in [0.15, 0.2) is 0 Å². The van der Waals surface area contributed by atoms with E-state index in [4.69, 9.17) is 0 Å². The van der Waals surface area contributed by atoms with Crippen LogP contribution in [0.5, 0.6) is 0 Å². The molecule has 1 unspecified atom stereocenters. The largest absolute Gasteiger partial charge is 0.214 e. The maximum atomic E-state index is 11.7. The Morgan fingerprint density at radius 2 is 2.18 bits per heavy atom. The van der Waals surface area contributed by atoms with Crippen molar-refractivity contribution in [3.05, 3.63) is 29.8 Å². The summed E-state index contributed by atoms with van der Waals surface area (Å²) in [7, 11) is -2.94. The lowest BCUT2D eigenvalue weighted by molar-refractivity contribution is 0.442. The van der Waals surface area contributed by atoms with Gasteiger partial charge < -0.3 is 0 Å². The predicted molar refractivity (Wildman–Crippen MR) is 69.8 cm³/mol. The third-order valence-electron chi connectivity index (χ3n) is 3.32. The fourth-order valence-electron chi connectivity index (χ4n) is 2.48. The molecule has 0 amide bonds. The van der Waals surface area contributed by atoms with Crippen molar-refractivity contribution in [3.8, 4) is 0 Å². The third kappa shape index (κ3) is 2.23. The van der Waals surface area contributed by atoms with Gasteiger partial charge in [0.2, 0.25) is 10.0 Å². The number of hydrogen-bond acceptors (Lipinski definition) is 3. The molecule has 2 aliphatic heterocycles. The molecule has 0 saturated carbocycles. The van der Waals surface area contributed by atoms with Crippen LogP contribution in [-0.2, 0) is 16.4 Å². The smallest absolute Gasteiger partial charge is 0.212 e. The minimum atomic E-state index is -2.94. The lowest BCUT2D eigenvalue weighted by atomic mass is 10.1. The third-order valence-corrected chi connectivity index (χ3v) is 6.55. The molecule has 0 aromatic heterocycles. The number of thioether (sulfide) groups is 1. The van der Waals surface area contributed by atoms with E-state index >= 15 is 0 Å². The Bertz CT molecular complexity index is 502. The molecule has 1 aromatic rings. The summed E-state index contributed by atoms with van der Waals surface area (Å²) in [5.41, 5.74) is 1.36. The van der Waals surface area contributed by atoms with Crippen LogP contribution >= 0.6 is 11.8 Å². The van der Waals surface area contributed by atoms with Crippen molar-refractivity contribution >= 4 is 21.8 Å². The lowest BCUT2D eigenvalue weighted by Gasteiger charge is -2.17. The van der Waals surface area contributed by atoms with Crippen molar-refractivity contribution in [1.29, 1.82) is 0 Å². The summed E-state index contributed by atoms with van der Waals surface area (Å²) in [6, 6.07) is 8.36. The Balaban J connectivity index is 1.70. The van der Waals surface area contributed by atoms with Gasteiger partial charge in [0.25, 0.3) is 0 Å². The molecule has 2 aliphatic rings. The van der Waals surface area contributed by atoms with E-state index in [1.165, 1.54) is 10.5 Å². The zero-order chi connectivity index (χ0) is 11.9. The molecule has 0 spiro atoms. The Kier molecular flexibility index (Phi) is 2.92. The van der Waals surface area contributed by atoms with Gasteiger partial charge in [0, 0.05) is 23.2 Å². The van der Waals surface area contributed by atoms with Gasteiger partial charge >= 0.3 is 0 Å². The summed E-state index contributed by atoms with van der Waals surface area (Å²) >= 11 is 1.82. The first-order valence-electron chi connectivity index (χ1n) is 5.87. The lowest BCUT2D eigenvalue weighted by Crippen LogP contribution is -2.32. The van der Waals surface area contributed by atoms with E-state index < -0.39 is 10.0 Å². The molecule has 0 aliphatic carbocycles. The van der Waals surface area contributed by atoms with Crippen LogP contribution in [0.25, 0.3) is 0 Å². The van der Waals surface area contributed by atoms with Gasteiger partial charge in [0.1, 0.15) is 0 Å². The first-order valence-corrected chi connectivity index (χ1v) is 8.36. The van der Waals surface area contributed by atoms with Crippen LogP contribution in [-0.4, -0.2) is 36.8 Å². The van der Waals surface area contributed by atoms with Crippen LogP contribution in [0.1, 0.15) is 12.0 Å². The van der Waals surface area contributed by atoms with Crippen molar-refractivity contribution in [3.63, 3.8) is 0 Å². The molecule has 3 nitrogen and oxygen atoms in total. The minimum absolute atomic E-state index is 0.331. The van der Waals surface area contributed by atoms with Crippen LogP contribution in [0.4, 0.5) is 0 Å². The first kappa shape index (κ1) is 11.6. The molecule has 1 atom stereocenters. The second kappa shape index (κ2) is 4.30. The van der Waals surface area contributed by atoms with Crippen LogP contribution in [0.3, 0.4) is 0 Å². The molecule has 3 rings (SSSR count). The van der Waals surface area contributed by atoms with Crippen LogP contribution in [0.15, 0.2) is 29.2 Å². The Labute approximate surface area is 106 Å². The molecule has 1 aromatic carbocycles. The maximum absolute atomic E-state index is 11.7. The Morgan fingerprint density at radius 1 is 1.35 bits per heavy atom. The highest BCUT2D eigenvalue weighted by atomic mass is 32.2. The second-order valence-corrected chi connectivity index (χ2v) is 8.01. The van der Waals surface area contributed by atoms with E-state index in [1.54, 1.807) is 4.31 Å². The Morgan fingerprint density at radius 3 is 2.88 bits per heavy atom.